The maximum absolute atomic E-state index is 12.6. The van der Waals surface area contributed by atoms with Gasteiger partial charge in [0, 0.05) is 17.6 Å². The Morgan fingerprint density at radius 2 is 2.05 bits per heavy atom. The molecule has 0 saturated heterocycles. The average Bonchev–Trinajstić information content (AvgIpc) is 2.94. The lowest BCUT2D eigenvalue weighted by Gasteiger charge is -2.43. The van der Waals surface area contributed by atoms with Crippen molar-refractivity contribution in [2.45, 2.75) is 38.1 Å². The van der Waals surface area contributed by atoms with Gasteiger partial charge in [-0.15, -0.1) is 11.3 Å². The zero-order chi connectivity index (χ0) is 15.1. The predicted octanol–water partition coefficient (Wildman–Crippen LogP) is 3.39. The summed E-state index contributed by atoms with van der Waals surface area (Å²) in [5.74, 6) is 1.33. The molecule has 1 heterocycles. The fraction of sp³-hybridized carbons (Fsp3) is 0.529. The van der Waals surface area contributed by atoms with Gasteiger partial charge in [-0.3, -0.25) is 4.79 Å². The number of fused-ring (bicyclic) bond motifs is 3. The van der Waals surface area contributed by atoms with Crippen LogP contribution in [0.3, 0.4) is 0 Å². The van der Waals surface area contributed by atoms with E-state index in [1.807, 2.05) is 23.7 Å². The number of rotatable bonds is 2. The van der Waals surface area contributed by atoms with Crippen molar-refractivity contribution in [3.63, 3.8) is 0 Å². The van der Waals surface area contributed by atoms with Gasteiger partial charge in [0.05, 0.1) is 15.7 Å². The molecule has 2 bridgehead atoms. The average molecular weight is 315 g/mol. The summed E-state index contributed by atoms with van der Waals surface area (Å²) in [5, 5.41) is 3.08. The molecule has 1 aromatic heterocycles. The van der Waals surface area contributed by atoms with Crippen LogP contribution in [0.5, 0.6) is 0 Å². The third kappa shape index (κ3) is 2.52. The highest BCUT2D eigenvalue weighted by Crippen LogP contribution is 2.42. The molecule has 2 unspecified atom stereocenters. The largest absolute Gasteiger partial charge is 0.327 e. The monoisotopic (exact) mass is 315 g/mol. The first-order valence-corrected chi connectivity index (χ1v) is 8.98. The number of aromatic nitrogens is 1. The highest BCUT2D eigenvalue weighted by atomic mass is 32.1. The minimum Gasteiger partial charge on any atom is -0.327 e. The van der Waals surface area contributed by atoms with E-state index >= 15 is 0 Å². The van der Waals surface area contributed by atoms with Crippen LogP contribution >= 0.6 is 11.3 Å². The summed E-state index contributed by atoms with van der Waals surface area (Å²) in [7, 11) is 0. The normalized spacial score (nSPS) is 31.1. The summed E-state index contributed by atoms with van der Waals surface area (Å²) >= 11 is 1.62. The van der Waals surface area contributed by atoms with Crippen molar-refractivity contribution in [1.82, 2.24) is 4.98 Å². The number of carbonyl (C=O) groups is 1. The summed E-state index contributed by atoms with van der Waals surface area (Å²) < 4.78 is 1.15. The van der Waals surface area contributed by atoms with E-state index < -0.39 is 0 Å². The third-order valence-electron chi connectivity index (χ3n) is 5.38. The van der Waals surface area contributed by atoms with Crippen molar-refractivity contribution in [3.8, 4) is 0 Å². The molecule has 3 N–H and O–H groups in total. The summed E-state index contributed by atoms with van der Waals surface area (Å²) in [6.07, 6.45) is 5.54. The predicted molar refractivity (Wildman–Crippen MR) is 89.8 cm³/mol. The van der Waals surface area contributed by atoms with E-state index in [-0.39, 0.29) is 11.8 Å². The number of hydrogen-bond acceptors (Lipinski definition) is 4. The van der Waals surface area contributed by atoms with E-state index in [1.165, 1.54) is 19.3 Å². The molecular weight excluding hydrogens is 294 g/mol. The standard InChI is InChI=1S/C17H21N3OS/c18-16-10-2-1-3-11(16)7-12(6-10)17(21)20-13-4-5-15-14(8-13)19-9-22-15/h4-5,8-12,16H,1-3,6-7,18H2,(H,20,21). The smallest absolute Gasteiger partial charge is 0.227 e. The zero-order valence-electron chi connectivity index (χ0n) is 12.5. The molecule has 2 atom stereocenters. The molecule has 2 aliphatic rings. The second-order valence-corrected chi connectivity index (χ2v) is 7.61. The van der Waals surface area contributed by atoms with E-state index in [9.17, 15) is 4.79 Å². The molecule has 2 fully saturated rings. The number of amides is 1. The summed E-state index contributed by atoms with van der Waals surface area (Å²) in [4.78, 5) is 16.9. The molecule has 116 valence electrons. The van der Waals surface area contributed by atoms with Crippen LogP contribution in [0.2, 0.25) is 0 Å². The van der Waals surface area contributed by atoms with Gasteiger partial charge in [0.1, 0.15) is 0 Å². The number of nitrogens with one attached hydrogen (secondary N) is 1. The van der Waals surface area contributed by atoms with Crippen molar-refractivity contribution in [2.75, 3.05) is 5.32 Å². The van der Waals surface area contributed by atoms with Gasteiger partial charge in [0.25, 0.3) is 0 Å². The second-order valence-electron chi connectivity index (χ2n) is 6.72. The number of carbonyl (C=O) groups excluding carboxylic acids is 1. The number of benzene rings is 1. The molecule has 2 aromatic rings. The fourth-order valence-electron chi connectivity index (χ4n) is 4.18. The van der Waals surface area contributed by atoms with Crippen molar-refractivity contribution in [3.05, 3.63) is 23.7 Å². The first kappa shape index (κ1) is 14.2. The van der Waals surface area contributed by atoms with Crippen LogP contribution in [-0.2, 0) is 4.79 Å². The third-order valence-corrected chi connectivity index (χ3v) is 6.19. The van der Waals surface area contributed by atoms with Crippen LogP contribution in [0, 0.1) is 17.8 Å². The lowest BCUT2D eigenvalue weighted by atomic mass is 9.65. The summed E-state index contributed by atoms with van der Waals surface area (Å²) in [6.45, 7) is 0. The Morgan fingerprint density at radius 1 is 1.27 bits per heavy atom. The fourth-order valence-corrected chi connectivity index (χ4v) is 4.84. The summed E-state index contributed by atoms with van der Waals surface area (Å²) in [6, 6.07) is 6.25. The Labute approximate surface area is 134 Å². The van der Waals surface area contributed by atoms with E-state index in [0.717, 1.165) is 28.7 Å². The van der Waals surface area contributed by atoms with E-state index in [2.05, 4.69) is 10.3 Å². The Bertz CT molecular complexity index is 684. The van der Waals surface area contributed by atoms with Crippen LogP contribution in [0.25, 0.3) is 10.2 Å². The number of hydrogen-bond donors (Lipinski definition) is 2. The molecule has 0 radical (unpaired) electrons. The number of nitrogens with zero attached hydrogens (tertiary/aromatic N) is 1. The Hall–Kier alpha value is -1.46. The molecule has 1 amide bonds. The number of nitrogens with two attached hydrogens (primary N) is 1. The molecule has 22 heavy (non-hydrogen) atoms. The number of anilines is 1. The molecule has 0 aliphatic heterocycles. The van der Waals surface area contributed by atoms with Gasteiger partial charge in [-0.05, 0) is 55.7 Å². The molecule has 2 aliphatic carbocycles. The van der Waals surface area contributed by atoms with Crippen LogP contribution in [0.4, 0.5) is 5.69 Å². The highest BCUT2D eigenvalue weighted by molar-refractivity contribution is 7.16. The first-order chi connectivity index (χ1) is 10.7. The van der Waals surface area contributed by atoms with Crippen molar-refractivity contribution < 1.29 is 4.79 Å². The van der Waals surface area contributed by atoms with Crippen molar-refractivity contribution >= 4 is 33.1 Å². The molecule has 2 saturated carbocycles. The lowest BCUT2D eigenvalue weighted by molar-refractivity contribution is -0.122. The van der Waals surface area contributed by atoms with E-state index in [1.54, 1.807) is 11.3 Å². The van der Waals surface area contributed by atoms with Crippen molar-refractivity contribution in [2.24, 2.45) is 23.5 Å². The zero-order valence-corrected chi connectivity index (χ0v) is 13.3. The summed E-state index contributed by atoms with van der Waals surface area (Å²) in [5.41, 5.74) is 9.94. The van der Waals surface area contributed by atoms with Crippen LogP contribution in [0.1, 0.15) is 32.1 Å². The van der Waals surface area contributed by atoms with Gasteiger partial charge in [-0.25, -0.2) is 4.98 Å². The molecule has 0 spiro atoms. The van der Waals surface area contributed by atoms with Gasteiger partial charge in [-0.2, -0.15) is 0 Å². The first-order valence-electron chi connectivity index (χ1n) is 8.10. The van der Waals surface area contributed by atoms with Crippen LogP contribution < -0.4 is 11.1 Å². The lowest BCUT2D eigenvalue weighted by Crippen LogP contribution is -2.48. The Balaban J connectivity index is 1.47. The van der Waals surface area contributed by atoms with E-state index in [0.29, 0.717) is 17.9 Å². The maximum Gasteiger partial charge on any atom is 0.227 e. The van der Waals surface area contributed by atoms with Gasteiger partial charge in [0.2, 0.25) is 5.91 Å². The maximum atomic E-state index is 12.6. The highest BCUT2D eigenvalue weighted by Gasteiger charge is 2.40. The van der Waals surface area contributed by atoms with Gasteiger partial charge in [-0.1, -0.05) is 6.42 Å². The molecular formula is C17H21N3OS. The van der Waals surface area contributed by atoms with E-state index in [4.69, 9.17) is 5.73 Å². The van der Waals surface area contributed by atoms with Crippen LogP contribution in [0.15, 0.2) is 23.7 Å². The minimum absolute atomic E-state index is 0.112. The topological polar surface area (TPSA) is 68.0 Å². The molecule has 1 aromatic carbocycles. The quantitative estimate of drug-likeness (QED) is 0.892. The Kier molecular flexibility index (Phi) is 3.62. The van der Waals surface area contributed by atoms with Crippen LogP contribution in [-0.4, -0.2) is 16.9 Å². The van der Waals surface area contributed by atoms with Gasteiger partial charge >= 0.3 is 0 Å². The Morgan fingerprint density at radius 3 is 2.82 bits per heavy atom. The molecule has 4 nitrogen and oxygen atoms in total. The second kappa shape index (κ2) is 5.63. The minimum atomic E-state index is 0.112. The van der Waals surface area contributed by atoms with Crippen molar-refractivity contribution in [1.29, 1.82) is 0 Å². The molecule has 4 rings (SSSR count). The SMILES string of the molecule is NC1C2CCCC1CC(C(=O)Nc1ccc3scnc3c1)C2. The van der Waals surface area contributed by atoms with Gasteiger partial charge in [0.15, 0.2) is 0 Å². The molecule has 5 heteroatoms. The van der Waals surface area contributed by atoms with Gasteiger partial charge < -0.3 is 11.1 Å². The number of thiazole rings is 1.